The summed E-state index contributed by atoms with van der Waals surface area (Å²) in [6.45, 7) is 2.00. The van der Waals surface area contributed by atoms with Crippen LogP contribution >= 0.6 is 0 Å². The molecule has 10 heteroatoms. The van der Waals surface area contributed by atoms with Crippen LogP contribution < -0.4 is 0 Å². The molecule has 0 aliphatic carbocycles. The van der Waals surface area contributed by atoms with Crippen LogP contribution in [0.5, 0.6) is 0 Å². The van der Waals surface area contributed by atoms with Gasteiger partial charge in [0.15, 0.2) is 0 Å². The van der Waals surface area contributed by atoms with Crippen molar-refractivity contribution >= 4 is 16.0 Å². The maximum absolute atomic E-state index is 12.4. The Balaban J connectivity index is 2.05. The van der Waals surface area contributed by atoms with E-state index in [0.717, 1.165) is 4.68 Å². The molecule has 1 fully saturated rings. The number of piperazine rings is 1. The Labute approximate surface area is 122 Å². The van der Waals surface area contributed by atoms with Gasteiger partial charge in [0, 0.05) is 38.9 Å². The van der Waals surface area contributed by atoms with Crippen molar-refractivity contribution in [1.29, 1.82) is 0 Å². The van der Waals surface area contributed by atoms with E-state index in [1.807, 2.05) is 4.90 Å². The maximum atomic E-state index is 12.4. The molecule has 1 aromatic rings. The minimum absolute atomic E-state index is 0.000594. The summed E-state index contributed by atoms with van der Waals surface area (Å²) in [6, 6.07) is 0. The molecule has 1 saturated heterocycles. The van der Waals surface area contributed by atoms with Crippen molar-refractivity contribution in [3.05, 3.63) is 12.4 Å². The molecular weight excluding hydrogens is 300 g/mol. The van der Waals surface area contributed by atoms with Crippen LogP contribution in [0.25, 0.3) is 0 Å². The second kappa shape index (κ2) is 6.52. The van der Waals surface area contributed by atoms with Crippen molar-refractivity contribution in [2.45, 2.75) is 11.4 Å². The second-order valence-corrected chi connectivity index (χ2v) is 6.67. The number of rotatable bonds is 6. The highest BCUT2D eigenvalue weighted by atomic mass is 32.2. The first-order chi connectivity index (χ1) is 9.93. The number of aromatic nitrogens is 2. The van der Waals surface area contributed by atoms with Crippen molar-refractivity contribution in [2.75, 3.05) is 39.3 Å². The lowest BCUT2D eigenvalue weighted by atomic mass is 10.4. The van der Waals surface area contributed by atoms with Gasteiger partial charge >= 0.3 is 5.97 Å². The molecule has 1 aliphatic rings. The lowest BCUT2D eigenvalue weighted by Gasteiger charge is -2.33. The number of carboxylic acid groups (broad SMARTS) is 1. The Hall–Kier alpha value is -1.49. The molecule has 2 heterocycles. The fourth-order valence-corrected chi connectivity index (χ4v) is 3.56. The van der Waals surface area contributed by atoms with Crippen LogP contribution in [0, 0.1) is 0 Å². The molecule has 118 valence electrons. The lowest BCUT2D eigenvalue weighted by molar-refractivity contribution is -0.137. The zero-order chi connectivity index (χ0) is 15.5. The molecule has 1 aliphatic heterocycles. The summed E-state index contributed by atoms with van der Waals surface area (Å²) in [7, 11) is -3.65. The normalized spacial score (nSPS) is 18.0. The fourth-order valence-electron chi connectivity index (χ4n) is 2.19. The van der Waals surface area contributed by atoms with Gasteiger partial charge in [0.05, 0.1) is 12.8 Å². The van der Waals surface area contributed by atoms with Crippen molar-refractivity contribution in [2.24, 2.45) is 0 Å². The first-order valence-corrected chi connectivity index (χ1v) is 7.95. The molecule has 0 bridgehead atoms. The number of hydrogen-bond acceptors (Lipinski definition) is 6. The summed E-state index contributed by atoms with van der Waals surface area (Å²) < 4.78 is 27.2. The molecule has 0 saturated carbocycles. The first-order valence-electron chi connectivity index (χ1n) is 6.51. The van der Waals surface area contributed by atoms with Gasteiger partial charge in [-0.2, -0.15) is 9.40 Å². The molecule has 0 radical (unpaired) electrons. The molecule has 9 nitrogen and oxygen atoms in total. The number of β-amino-alcohol motifs (C(OH)–C–C–N with tert-alkyl or cyclic N) is 1. The van der Waals surface area contributed by atoms with Crippen molar-refractivity contribution in [1.82, 2.24) is 19.0 Å². The average molecular weight is 318 g/mol. The molecule has 0 amide bonds. The van der Waals surface area contributed by atoms with Crippen LogP contribution in [0.1, 0.15) is 0 Å². The topological polar surface area (TPSA) is 116 Å². The third kappa shape index (κ3) is 3.79. The van der Waals surface area contributed by atoms with E-state index in [0.29, 0.717) is 32.7 Å². The summed E-state index contributed by atoms with van der Waals surface area (Å²) in [5.41, 5.74) is 0. The molecule has 21 heavy (non-hydrogen) atoms. The van der Waals surface area contributed by atoms with Gasteiger partial charge in [-0.15, -0.1) is 0 Å². The number of carbonyl (C=O) groups is 1. The average Bonchev–Trinajstić information content (AvgIpc) is 2.88. The number of carboxylic acids is 1. The molecule has 0 spiro atoms. The lowest BCUT2D eigenvalue weighted by Crippen LogP contribution is -2.49. The Bertz CT molecular complexity index is 592. The summed E-state index contributed by atoms with van der Waals surface area (Å²) in [5, 5.41) is 21.3. The molecule has 0 unspecified atom stereocenters. The smallest absolute Gasteiger partial charge is 0.325 e. The van der Waals surface area contributed by atoms with Gasteiger partial charge in [0.2, 0.25) is 10.0 Å². The number of nitrogens with zero attached hydrogens (tertiary/aromatic N) is 4. The molecule has 0 atom stereocenters. The Morgan fingerprint density at radius 1 is 1.29 bits per heavy atom. The van der Waals surface area contributed by atoms with Gasteiger partial charge < -0.3 is 10.2 Å². The largest absolute Gasteiger partial charge is 0.480 e. The number of hydrogen-bond donors (Lipinski definition) is 2. The van der Waals surface area contributed by atoms with Crippen LogP contribution in [0.15, 0.2) is 17.3 Å². The molecule has 2 N–H and O–H groups in total. The molecular formula is C11H18N4O5S. The van der Waals surface area contributed by atoms with E-state index in [4.69, 9.17) is 10.2 Å². The number of aliphatic hydroxyl groups excluding tert-OH is 1. The van der Waals surface area contributed by atoms with E-state index in [9.17, 15) is 13.2 Å². The summed E-state index contributed by atoms with van der Waals surface area (Å²) in [6.07, 6.45) is 2.39. The second-order valence-electron chi connectivity index (χ2n) is 4.74. The monoisotopic (exact) mass is 318 g/mol. The van der Waals surface area contributed by atoms with Crippen molar-refractivity contribution < 1.29 is 23.4 Å². The van der Waals surface area contributed by atoms with E-state index < -0.39 is 16.0 Å². The van der Waals surface area contributed by atoms with Gasteiger partial charge in [-0.25, -0.2) is 8.42 Å². The predicted octanol–water partition coefficient (Wildman–Crippen LogP) is -1.73. The highest BCUT2D eigenvalue weighted by Crippen LogP contribution is 2.16. The van der Waals surface area contributed by atoms with E-state index in [2.05, 4.69) is 5.10 Å². The fraction of sp³-hybridized carbons (Fsp3) is 0.636. The van der Waals surface area contributed by atoms with Crippen molar-refractivity contribution in [3.8, 4) is 0 Å². The minimum atomic E-state index is -3.65. The molecule has 1 aromatic heterocycles. The van der Waals surface area contributed by atoms with Crippen LogP contribution in [-0.2, 0) is 21.4 Å². The number of sulfonamides is 1. The maximum Gasteiger partial charge on any atom is 0.325 e. The van der Waals surface area contributed by atoms with Gasteiger partial charge in [-0.3, -0.25) is 14.4 Å². The summed E-state index contributed by atoms with van der Waals surface area (Å²) in [4.78, 5) is 12.6. The Morgan fingerprint density at radius 3 is 2.52 bits per heavy atom. The van der Waals surface area contributed by atoms with Gasteiger partial charge in [-0.05, 0) is 0 Å². The summed E-state index contributed by atoms with van der Waals surface area (Å²) >= 11 is 0. The third-order valence-corrected chi connectivity index (χ3v) is 5.14. The number of aliphatic carboxylic acids is 1. The van der Waals surface area contributed by atoms with Crippen LogP contribution in [0.4, 0.5) is 0 Å². The van der Waals surface area contributed by atoms with E-state index in [1.165, 1.54) is 16.7 Å². The first kappa shape index (κ1) is 15.9. The Kier molecular flexibility index (Phi) is 4.93. The highest BCUT2D eigenvalue weighted by molar-refractivity contribution is 7.89. The van der Waals surface area contributed by atoms with Gasteiger partial charge in [0.25, 0.3) is 0 Å². The quantitative estimate of drug-likeness (QED) is 0.640. The van der Waals surface area contributed by atoms with E-state index in [-0.39, 0.29) is 18.0 Å². The SMILES string of the molecule is O=C(O)Cn1cc(S(=O)(=O)N2CCN(CCO)CC2)cn1. The zero-order valence-electron chi connectivity index (χ0n) is 11.4. The Morgan fingerprint density at radius 2 is 1.95 bits per heavy atom. The highest BCUT2D eigenvalue weighted by Gasteiger charge is 2.29. The molecule has 2 rings (SSSR count). The summed E-state index contributed by atoms with van der Waals surface area (Å²) in [5.74, 6) is -1.08. The predicted molar refractivity (Wildman–Crippen MR) is 72.1 cm³/mol. The minimum Gasteiger partial charge on any atom is -0.480 e. The third-order valence-electron chi connectivity index (χ3n) is 3.29. The van der Waals surface area contributed by atoms with Crippen LogP contribution in [-0.4, -0.2) is 82.9 Å². The van der Waals surface area contributed by atoms with Gasteiger partial charge in [-0.1, -0.05) is 0 Å². The van der Waals surface area contributed by atoms with Crippen LogP contribution in [0.2, 0.25) is 0 Å². The van der Waals surface area contributed by atoms with E-state index in [1.54, 1.807) is 0 Å². The van der Waals surface area contributed by atoms with Gasteiger partial charge in [0.1, 0.15) is 11.4 Å². The standard InChI is InChI=1S/C11H18N4O5S/c16-6-5-13-1-3-15(4-2-13)21(19,20)10-7-12-14(8-10)9-11(17)18/h7-8,16H,1-6,9H2,(H,17,18). The van der Waals surface area contributed by atoms with Crippen molar-refractivity contribution in [3.63, 3.8) is 0 Å². The van der Waals surface area contributed by atoms with E-state index >= 15 is 0 Å². The zero-order valence-corrected chi connectivity index (χ0v) is 12.2. The van der Waals surface area contributed by atoms with Crippen LogP contribution in [0.3, 0.4) is 0 Å². The molecule has 0 aromatic carbocycles. The number of aliphatic hydroxyl groups is 1.